The van der Waals surface area contributed by atoms with Crippen LogP contribution in [0.5, 0.6) is 23.0 Å². The molecule has 9 rings (SSSR count). The van der Waals surface area contributed by atoms with Crippen LogP contribution in [0.4, 0.5) is 22.7 Å². The molecule has 1 atom stereocenters. The van der Waals surface area contributed by atoms with Crippen LogP contribution in [0.2, 0.25) is 0 Å². The van der Waals surface area contributed by atoms with E-state index in [9.17, 15) is 20.4 Å². The molecule has 0 fully saturated rings. The summed E-state index contributed by atoms with van der Waals surface area (Å²) >= 11 is 0. The molecular formula is C60H53NO4. The number of phenolic OH excluding ortho intramolecular Hbond substituents is 3. The van der Waals surface area contributed by atoms with Crippen molar-refractivity contribution in [2.75, 3.05) is 0 Å². The van der Waals surface area contributed by atoms with E-state index in [1.807, 2.05) is 48.5 Å². The lowest BCUT2D eigenvalue weighted by molar-refractivity contribution is -0.268. The van der Waals surface area contributed by atoms with Gasteiger partial charge < -0.3 is 20.4 Å². The predicted molar refractivity (Wildman–Crippen MR) is 264 cm³/mol. The molecule has 5 nitrogen and oxygen atoms in total. The summed E-state index contributed by atoms with van der Waals surface area (Å²) in [6, 6.07) is 72.4. The summed E-state index contributed by atoms with van der Waals surface area (Å²) < 4.78 is 0.557. The Kier molecular flexibility index (Phi) is 13.0. The van der Waals surface area contributed by atoms with E-state index in [0.717, 1.165) is 33.4 Å². The van der Waals surface area contributed by atoms with Crippen LogP contribution in [-0.4, -0.2) is 15.3 Å². The summed E-state index contributed by atoms with van der Waals surface area (Å²) in [6.45, 7) is 8.56. The van der Waals surface area contributed by atoms with E-state index < -0.39 is 0 Å². The van der Waals surface area contributed by atoms with Crippen molar-refractivity contribution >= 4 is 22.7 Å². The summed E-state index contributed by atoms with van der Waals surface area (Å²) in [5.74, 6) is 0.379. The van der Waals surface area contributed by atoms with Gasteiger partial charge in [-0.3, -0.25) is 0 Å². The van der Waals surface area contributed by atoms with E-state index in [0.29, 0.717) is 4.48 Å². The van der Waals surface area contributed by atoms with Gasteiger partial charge in [-0.15, -0.1) is 5.75 Å². The van der Waals surface area contributed by atoms with Crippen LogP contribution in [0, 0.1) is 27.7 Å². The van der Waals surface area contributed by atoms with Gasteiger partial charge in [0.05, 0.1) is 0 Å². The van der Waals surface area contributed by atoms with Gasteiger partial charge >= 0.3 is 0 Å². The maximum absolute atomic E-state index is 11.7. The number of rotatable bonds is 10. The largest absolute Gasteiger partial charge is 0.872 e. The lowest BCUT2D eigenvalue weighted by Gasteiger charge is -2.37. The Morgan fingerprint density at radius 3 is 0.677 bits per heavy atom. The van der Waals surface area contributed by atoms with E-state index in [2.05, 4.69) is 149 Å². The van der Waals surface area contributed by atoms with Gasteiger partial charge in [-0.1, -0.05) is 156 Å². The van der Waals surface area contributed by atoms with Crippen LogP contribution in [0.25, 0.3) is 0 Å². The molecule has 0 aliphatic heterocycles. The van der Waals surface area contributed by atoms with Crippen LogP contribution >= 0.6 is 0 Å². The molecule has 322 valence electrons. The van der Waals surface area contributed by atoms with Crippen LogP contribution in [-0.2, 0) is 0 Å². The van der Waals surface area contributed by atoms with Crippen molar-refractivity contribution in [1.29, 1.82) is 0 Å². The molecule has 65 heavy (non-hydrogen) atoms. The first-order chi connectivity index (χ1) is 31.5. The van der Waals surface area contributed by atoms with Crippen molar-refractivity contribution in [2.24, 2.45) is 0 Å². The Morgan fingerprint density at radius 1 is 0.277 bits per heavy atom. The molecule has 1 unspecified atom stereocenters. The standard InChI is InChI=1S/C32H26O4.C28H28N/c33-27-13-5-23(6-14-27)31(24-7-15-28(34)16-8-24)21-1-2-22(4-3-21)32(25-9-17-29(35)18-10-25)26-11-19-30(36)20-12-26;1-21-5-13-25(14-6-21)29(26-15-7-22(2)8-16-26,27-17-9-23(3)10-18-27)28-19-11-24(4)12-20-28/h1-20,31-36H;5-20H,1-4H3/q;+1/p-1. The van der Waals surface area contributed by atoms with Crippen molar-refractivity contribution in [1.82, 2.24) is 4.48 Å². The highest BCUT2D eigenvalue weighted by molar-refractivity contribution is 5.81. The molecule has 0 heterocycles. The van der Waals surface area contributed by atoms with Crippen molar-refractivity contribution in [3.8, 4) is 23.0 Å². The molecule has 0 amide bonds. The van der Waals surface area contributed by atoms with Crippen molar-refractivity contribution in [3.05, 3.63) is 274 Å². The van der Waals surface area contributed by atoms with Gasteiger partial charge in [-0.2, -0.15) is 4.48 Å². The summed E-state index contributed by atoms with van der Waals surface area (Å²) in [5, 5.41) is 41.1. The lowest BCUT2D eigenvalue weighted by atomic mass is 9.81. The van der Waals surface area contributed by atoms with E-state index in [-0.39, 0.29) is 34.8 Å². The quantitative estimate of drug-likeness (QED) is 0.0945. The molecule has 0 spiro atoms. The second-order valence-electron chi connectivity index (χ2n) is 16.9. The first-order valence-corrected chi connectivity index (χ1v) is 21.9. The normalized spacial score (nSPS) is 11.7. The number of hydrogen-bond acceptors (Lipinski definition) is 4. The molecule has 0 bridgehead atoms. The fourth-order valence-corrected chi connectivity index (χ4v) is 8.66. The summed E-state index contributed by atoms with van der Waals surface area (Å²) in [4.78, 5) is 0. The fourth-order valence-electron chi connectivity index (χ4n) is 8.66. The maximum Gasteiger partial charge on any atom is 0.148 e. The predicted octanol–water partition coefficient (Wildman–Crippen LogP) is 14.5. The molecule has 5 heteroatoms. The Balaban J connectivity index is 0.000000181. The number of hydrogen-bond donors (Lipinski definition) is 3. The highest BCUT2D eigenvalue weighted by atomic mass is 16.3. The van der Waals surface area contributed by atoms with Crippen LogP contribution in [0.15, 0.2) is 218 Å². The minimum atomic E-state index is -0.110. The highest BCUT2D eigenvalue weighted by Crippen LogP contribution is 2.51. The minimum absolute atomic E-state index is 0.0378. The van der Waals surface area contributed by atoms with Gasteiger partial charge in [0.25, 0.3) is 0 Å². The molecule has 0 saturated heterocycles. The number of benzene rings is 9. The fraction of sp³-hybridized carbons (Fsp3) is 0.100. The average molecular weight is 852 g/mol. The minimum Gasteiger partial charge on any atom is -0.872 e. The van der Waals surface area contributed by atoms with Crippen molar-refractivity contribution in [3.63, 3.8) is 0 Å². The Hall–Kier alpha value is -7.86. The second-order valence-corrected chi connectivity index (χ2v) is 16.9. The molecule has 9 aromatic rings. The van der Waals surface area contributed by atoms with E-state index >= 15 is 0 Å². The topological polar surface area (TPSA) is 83.8 Å². The van der Waals surface area contributed by atoms with Crippen LogP contribution in [0.1, 0.15) is 67.5 Å². The smallest absolute Gasteiger partial charge is 0.148 e. The highest BCUT2D eigenvalue weighted by Gasteiger charge is 2.39. The monoisotopic (exact) mass is 851 g/mol. The number of nitrogens with zero attached hydrogens (tertiary/aromatic N) is 1. The van der Waals surface area contributed by atoms with E-state index in [1.54, 1.807) is 48.5 Å². The summed E-state index contributed by atoms with van der Waals surface area (Å²) in [7, 11) is 0. The summed E-state index contributed by atoms with van der Waals surface area (Å²) in [6.07, 6.45) is 0. The number of aryl methyl sites for hydroxylation is 4. The maximum atomic E-state index is 11.7. The molecular weight excluding hydrogens is 799 g/mol. The molecule has 0 aromatic heterocycles. The van der Waals surface area contributed by atoms with Gasteiger partial charge in [0.2, 0.25) is 0 Å². The third-order valence-electron chi connectivity index (χ3n) is 12.2. The average Bonchev–Trinajstić information content (AvgIpc) is 3.32. The van der Waals surface area contributed by atoms with Crippen LogP contribution in [0.3, 0.4) is 0 Å². The van der Waals surface area contributed by atoms with Gasteiger partial charge in [-0.25, -0.2) is 0 Å². The van der Waals surface area contributed by atoms with Gasteiger partial charge in [0.15, 0.2) is 0 Å². The first-order valence-electron chi connectivity index (χ1n) is 21.9. The molecule has 9 aromatic carbocycles. The zero-order valence-electron chi connectivity index (χ0n) is 37.1. The van der Waals surface area contributed by atoms with Gasteiger partial charge in [-0.05, 0) is 97.5 Å². The molecule has 0 saturated carbocycles. The third-order valence-corrected chi connectivity index (χ3v) is 12.2. The van der Waals surface area contributed by atoms with E-state index in [4.69, 9.17) is 0 Å². The third kappa shape index (κ3) is 9.72. The van der Waals surface area contributed by atoms with E-state index in [1.165, 1.54) is 45.0 Å². The molecule has 3 N–H and O–H groups in total. The van der Waals surface area contributed by atoms with Gasteiger partial charge in [0, 0.05) is 60.4 Å². The Bertz CT molecular complexity index is 2530. The molecule has 0 aliphatic carbocycles. The zero-order chi connectivity index (χ0) is 45.5. The van der Waals surface area contributed by atoms with Gasteiger partial charge in [0.1, 0.15) is 40.0 Å². The number of aromatic hydroxyl groups is 3. The Morgan fingerprint density at radius 2 is 0.462 bits per heavy atom. The Labute approximate surface area is 382 Å². The van der Waals surface area contributed by atoms with Crippen molar-refractivity contribution in [2.45, 2.75) is 39.5 Å². The zero-order valence-corrected chi connectivity index (χ0v) is 37.1. The first kappa shape index (κ1) is 43.8. The lowest BCUT2D eigenvalue weighted by Crippen LogP contribution is -2.33. The summed E-state index contributed by atoms with van der Waals surface area (Å²) in [5.41, 5.74) is 16.1. The van der Waals surface area contributed by atoms with Crippen LogP contribution < -0.4 is 9.59 Å². The SMILES string of the molecule is Cc1ccc([N+](c2ccc(C)cc2)(c2ccc(C)cc2)c2ccc(C)cc2)cc1.[O-]c1ccc(C(c2ccc(O)cc2)c2ccc(C(c3ccc(O)cc3)c3ccc(O)cc3)cc2)cc1. The van der Waals surface area contributed by atoms with Crippen molar-refractivity contribution < 1.29 is 20.4 Å². The number of phenols is 3. The molecule has 0 radical (unpaired) electrons. The number of quaternary nitrogens is 1. The second kappa shape index (κ2) is 19.3. The molecule has 0 aliphatic rings.